The molecule has 81 heavy (non-hydrogen) atoms. The van der Waals surface area contributed by atoms with Gasteiger partial charge in [-0.05, 0) is 134 Å². The maximum absolute atomic E-state index is 5.41. The Hall–Kier alpha value is -7.78. The summed E-state index contributed by atoms with van der Waals surface area (Å²) in [5.74, 6) is 7.81. The van der Waals surface area contributed by atoms with Crippen LogP contribution in [0, 0.1) is 66.1 Å². The van der Waals surface area contributed by atoms with Crippen molar-refractivity contribution in [3.05, 3.63) is 80.3 Å². The minimum atomic E-state index is 0.228. The van der Waals surface area contributed by atoms with E-state index in [2.05, 4.69) is 146 Å². The molecule has 0 amide bonds. The number of H-pyrrole nitrogens is 1. The van der Waals surface area contributed by atoms with Gasteiger partial charge in [0.1, 0.15) is 10.8 Å². The van der Waals surface area contributed by atoms with Crippen LogP contribution >= 0.6 is 46.7 Å². The van der Waals surface area contributed by atoms with Crippen LogP contribution in [0.1, 0.15) is 115 Å². The number of nitrogens with two attached hydrogens (primary N) is 1. The number of aliphatic imine (C=N–C) groups is 3. The highest BCUT2D eigenvalue weighted by Crippen LogP contribution is 2.21. The van der Waals surface area contributed by atoms with E-state index in [0.29, 0.717) is 28.6 Å². The summed E-state index contributed by atoms with van der Waals surface area (Å²) in [6.07, 6.45) is 8.74. The van der Waals surface area contributed by atoms with Gasteiger partial charge in [-0.25, -0.2) is 4.99 Å². The lowest BCUT2D eigenvalue weighted by molar-refractivity contribution is 0.489. The summed E-state index contributed by atoms with van der Waals surface area (Å²) in [6.45, 7) is 34.2. The monoisotopic (exact) mass is 1190 g/mol. The fourth-order valence-corrected chi connectivity index (χ4v) is 9.39. The molecule has 12 rings (SSSR count). The van der Waals surface area contributed by atoms with Crippen molar-refractivity contribution in [2.75, 3.05) is 24.7 Å². The number of allylic oxidation sites excluding steroid dienone is 2. The normalized spacial score (nSPS) is 16.5. The first-order valence-electron chi connectivity index (χ1n) is 25.5. The van der Waals surface area contributed by atoms with E-state index in [1.54, 1.807) is 74.8 Å². The topological polar surface area (TPSA) is 344 Å². The lowest BCUT2D eigenvalue weighted by atomic mass is 10.1. The zero-order valence-corrected chi connectivity index (χ0v) is 52.8. The van der Waals surface area contributed by atoms with E-state index < -0.39 is 0 Å². The van der Waals surface area contributed by atoms with Crippen molar-refractivity contribution in [2.45, 2.75) is 141 Å². The first-order valence-corrected chi connectivity index (χ1v) is 28.5. The maximum atomic E-state index is 5.41. The number of thioether (sulfide) groups is 1. The third-order valence-corrected chi connectivity index (χ3v) is 13.3. The molecule has 0 saturated carbocycles. The number of aryl methyl sites for hydroxylation is 9. The molecule has 8 aromatic rings. The number of hydrogen-bond donors (Lipinski definition) is 5. The van der Waals surface area contributed by atoms with Gasteiger partial charge in [-0.3, -0.25) is 15.1 Å². The second-order valence-electron chi connectivity index (χ2n) is 18.2. The molecular formula is C48H76N28OS4. The number of nitrogens with one attached hydrogen (secondary N) is 4. The van der Waals surface area contributed by atoms with Gasteiger partial charge in [-0.1, -0.05) is 41.4 Å². The van der Waals surface area contributed by atoms with Crippen molar-refractivity contribution in [1.29, 1.82) is 0 Å². The number of rotatable bonds is 2. The van der Waals surface area contributed by atoms with Crippen LogP contribution in [-0.2, 0) is 7.05 Å². The van der Waals surface area contributed by atoms with E-state index in [4.69, 9.17) is 22.4 Å². The van der Waals surface area contributed by atoms with E-state index in [9.17, 15) is 0 Å². The van der Waals surface area contributed by atoms with E-state index >= 15 is 0 Å². The number of hydrogen-bond acceptors (Lipinski definition) is 27. The van der Waals surface area contributed by atoms with Gasteiger partial charge < -0.3 is 26.1 Å². The fourth-order valence-electron chi connectivity index (χ4n) is 6.91. The Morgan fingerprint density at radius 3 is 1.77 bits per heavy atom. The van der Waals surface area contributed by atoms with Crippen LogP contribution in [0.5, 0.6) is 0 Å². The molecule has 0 saturated heterocycles. The quantitative estimate of drug-likeness (QED) is 0.0847. The molecule has 12 heterocycles. The predicted octanol–water partition coefficient (Wildman–Crippen LogP) is 7.15. The highest BCUT2D eigenvalue weighted by Gasteiger charge is 2.14. The van der Waals surface area contributed by atoms with Crippen LogP contribution in [0.15, 0.2) is 64.5 Å². The molecule has 0 aromatic carbocycles. The SMILES string of the molecule is C/C=N/n1c(C)n[nH]c1=S.CC1=CC(C)N=C(C)N1.CC1=CC(C)N=C(N)N1.CC1=NCC(C)C1.CC1=Nn2c(C)nnc2SC1.CNc1nn2c(C)nnc2s1.Cc1cnn(C)n1.Cc1nn2c(C)nnc2s1.Cc1nnc(C)o1. The second kappa shape index (κ2) is 32.5. The molecule has 6 N–H and O–H groups in total. The number of fused-ring (bicyclic) bond motifs is 3. The molecule has 0 fully saturated rings. The largest absolute Gasteiger partial charge is 0.426 e. The maximum Gasteiger partial charge on any atom is 0.236 e. The molecule has 33 heteroatoms. The van der Waals surface area contributed by atoms with Crippen molar-refractivity contribution < 1.29 is 4.42 Å². The fraction of sp³-hybridized carbons (Fsp3) is 0.521. The molecule has 3 unspecified atom stereocenters. The first-order chi connectivity index (χ1) is 38.3. The Bertz CT molecular complexity index is 3360. The standard InChI is InChI=1S/C7H12N2.C6H8N4S.C6H11N3.C6H11N.C5H7N5S.C5H6N4S.C5H8N4S.C4H7N3.C4H6N2O/c1-5-4-6(2)9-7(3)8-5;1-4-3-11-6-8-7-5(2)10(6)9-4;1-4-3-5(2)9-6(7)8-4;1-5-3-6(2)7-4-5;1-3-7-8-5-10(3)9-4(6-2)11-5;1-3-6-7-5-9(3)8-4(2)10-5;1-3-6-9-4(2)7-8-5(9)10;1-4-3-5-7(2)6-4;1-3-5-6-4(2)7-3/h4-5H,1-3H3,(H,8,9);3H2,1-2H3;3-4H,1-2H3,(H3,7,8,9);5H,3-4H2,1-2H3;1-2H3,(H,6,9);1-2H3;3H,1-2H3,(H,8,10);3H,1-2H3;1-2H3/b;;;;;;6-3+;;. The van der Waals surface area contributed by atoms with Gasteiger partial charge in [0.2, 0.25) is 36.8 Å². The van der Waals surface area contributed by atoms with E-state index in [-0.39, 0.29) is 6.04 Å². The van der Waals surface area contributed by atoms with Crippen molar-refractivity contribution in [2.24, 2.45) is 43.9 Å². The molecule has 0 bridgehead atoms. The van der Waals surface area contributed by atoms with Crippen molar-refractivity contribution in [1.82, 2.24) is 105 Å². The lowest BCUT2D eigenvalue weighted by Gasteiger charge is -2.14. The third-order valence-electron chi connectivity index (χ3n) is 10.2. The van der Waals surface area contributed by atoms with E-state index in [1.807, 2.05) is 89.3 Å². The minimum Gasteiger partial charge on any atom is -0.426 e. The van der Waals surface area contributed by atoms with E-state index in [1.165, 1.54) is 34.0 Å². The summed E-state index contributed by atoms with van der Waals surface area (Å²) in [6, 6.07) is 0.581. The zero-order chi connectivity index (χ0) is 59.9. The number of guanidine groups is 1. The minimum absolute atomic E-state index is 0.228. The van der Waals surface area contributed by atoms with Crippen LogP contribution in [0.2, 0.25) is 0 Å². The highest BCUT2D eigenvalue weighted by molar-refractivity contribution is 7.99. The summed E-state index contributed by atoms with van der Waals surface area (Å²) in [5, 5.41) is 73.2. The Kier molecular flexibility index (Phi) is 26.3. The predicted molar refractivity (Wildman–Crippen MR) is 325 cm³/mol. The summed E-state index contributed by atoms with van der Waals surface area (Å²) >= 11 is 9.58. The summed E-state index contributed by atoms with van der Waals surface area (Å²) in [7, 11) is 3.63. The van der Waals surface area contributed by atoms with Gasteiger partial charge in [-0.2, -0.15) is 53.8 Å². The van der Waals surface area contributed by atoms with Gasteiger partial charge >= 0.3 is 0 Å². The number of nitrogens with zero attached hydrogens (tertiary/aromatic N) is 23. The molecule has 0 aliphatic carbocycles. The first kappa shape index (κ1) is 65.7. The summed E-state index contributed by atoms with van der Waals surface area (Å²) in [5.41, 5.74) is 11.1. The Morgan fingerprint density at radius 2 is 1.35 bits per heavy atom. The van der Waals surface area contributed by atoms with Gasteiger partial charge in [0.15, 0.2) is 23.4 Å². The highest BCUT2D eigenvalue weighted by atomic mass is 32.2. The van der Waals surface area contributed by atoms with Crippen LogP contribution in [0.4, 0.5) is 5.13 Å². The summed E-state index contributed by atoms with van der Waals surface area (Å²) < 4.78 is 12.2. The Labute approximate surface area is 488 Å². The van der Waals surface area contributed by atoms with Gasteiger partial charge in [0.05, 0.1) is 29.8 Å². The smallest absolute Gasteiger partial charge is 0.236 e. The molecule has 4 aliphatic heterocycles. The molecule has 3 atom stereocenters. The second-order valence-corrected chi connectivity index (χ2v) is 21.7. The van der Waals surface area contributed by atoms with Crippen molar-refractivity contribution >= 4 is 91.1 Å². The molecule has 8 aromatic heterocycles. The third kappa shape index (κ3) is 22.7. The lowest BCUT2D eigenvalue weighted by Crippen LogP contribution is -2.34. The number of aromatic nitrogens is 19. The van der Waals surface area contributed by atoms with Crippen molar-refractivity contribution in [3.8, 4) is 0 Å². The number of anilines is 1. The summed E-state index contributed by atoms with van der Waals surface area (Å²) in [4.78, 5) is 15.8. The van der Waals surface area contributed by atoms with Crippen LogP contribution in [-0.4, -0.2) is 155 Å². The van der Waals surface area contributed by atoms with Gasteiger partial charge in [-0.15, -0.1) is 45.9 Å². The molecule has 29 nitrogen and oxygen atoms in total. The number of amidine groups is 1. The van der Waals surface area contributed by atoms with Gasteiger partial charge in [0.25, 0.3) is 0 Å². The Morgan fingerprint density at radius 1 is 0.741 bits per heavy atom. The van der Waals surface area contributed by atoms with Crippen LogP contribution in [0.25, 0.3) is 9.92 Å². The van der Waals surface area contributed by atoms with Crippen LogP contribution < -0.4 is 21.7 Å². The molecule has 0 radical (unpaired) electrons. The molecule has 438 valence electrons. The number of aromatic amines is 1. The van der Waals surface area contributed by atoms with Crippen molar-refractivity contribution in [3.63, 3.8) is 0 Å². The molecule has 4 aliphatic rings. The molecular weight excluding hydrogens is 1110 g/mol. The van der Waals surface area contributed by atoms with Crippen LogP contribution in [0.3, 0.4) is 0 Å². The Balaban J connectivity index is 0.000000197. The average Bonchev–Trinajstić information content (AvgIpc) is 4.38. The van der Waals surface area contributed by atoms with Gasteiger partial charge in [0, 0.05) is 69.3 Å². The average molecular weight is 1190 g/mol. The zero-order valence-electron chi connectivity index (χ0n) is 49.6. The van der Waals surface area contributed by atoms with E-state index in [0.717, 1.165) is 89.7 Å². The molecule has 0 spiro atoms.